The number of halogens is 3. The summed E-state index contributed by atoms with van der Waals surface area (Å²) in [6.45, 7) is 5.61. The highest BCUT2D eigenvalue weighted by Crippen LogP contribution is 2.35. The monoisotopic (exact) mass is 266 g/mol. The van der Waals surface area contributed by atoms with Gasteiger partial charge in [-0.25, -0.2) is 0 Å². The van der Waals surface area contributed by atoms with Gasteiger partial charge in [0, 0.05) is 5.38 Å². The van der Waals surface area contributed by atoms with E-state index in [1.165, 1.54) is 5.38 Å². The Kier molecular flexibility index (Phi) is 4.25. The van der Waals surface area contributed by atoms with Crippen molar-refractivity contribution >= 4 is 11.3 Å². The molecule has 0 amide bonds. The van der Waals surface area contributed by atoms with Gasteiger partial charge in [-0.05, 0) is 29.2 Å². The molecule has 1 heterocycles. The molecule has 0 aliphatic heterocycles. The van der Waals surface area contributed by atoms with Crippen molar-refractivity contribution in [2.24, 2.45) is 5.41 Å². The molecule has 1 aromatic heterocycles. The number of alkyl halides is 3. The molecule has 0 fully saturated rings. The van der Waals surface area contributed by atoms with Crippen LogP contribution in [0.1, 0.15) is 38.3 Å². The SMILES string of the molecule is CC(C)(C)C(O)CCc1cscc1C(F)(F)F. The molecule has 0 aromatic carbocycles. The van der Waals surface area contributed by atoms with Crippen LogP contribution in [0.4, 0.5) is 13.2 Å². The Morgan fingerprint density at radius 2 is 1.82 bits per heavy atom. The Morgan fingerprint density at radius 1 is 1.24 bits per heavy atom. The smallest absolute Gasteiger partial charge is 0.393 e. The van der Waals surface area contributed by atoms with Crippen LogP contribution in [0.3, 0.4) is 0 Å². The van der Waals surface area contributed by atoms with Gasteiger partial charge in [-0.1, -0.05) is 20.8 Å². The van der Waals surface area contributed by atoms with E-state index >= 15 is 0 Å². The minimum absolute atomic E-state index is 0.261. The van der Waals surface area contributed by atoms with Gasteiger partial charge in [0.15, 0.2) is 0 Å². The second-order valence-corrected chi connectivity index (χ2v) is 5.97. The van der Waals surface area contributed by atoms with Crippen LogP contribution < -0.4 is 0 Å². The Balaban J connectivity index is 2.68. The Hall–Kier alpha value is -0.550. The quantitative estimate of drug-likeness (QED) is 0.873. The molecule has 1 atom stereocenters. The number of aryl methyl sites for hydroxylation is 1. The Morgan fingerprint density at radius 3 is 2.29 bits per heavy atom. The third-order valence-corrected chi connectivity index (χ3v) is 3.53. The van der Waals surface area contributed by atoms with E-state index in [0.29, 0.717) is 6.42 Å². The van der Waals surface area contributed by atoms with E-state index in [9.17, 15) is 18.3 Å². The van der Waals surface area contributed by atoms with E-state index in [1.54, 1.807) is 0 Å². The fourth-order valence-electron chi connectivity index (χ4n) is 1.49. The van der Waals surface area contributed by atoms with Crippen LogP contribution in [0.2, 0.25) is 0 Å². The van der Waals surface area contributed by atoms with Crippen molar-refractivity contribution in [2.45, 2.75) is 45.9 Å². The summed E-state index contributed by atoms with van der Waals surface area (Å²) in [6, 6.07) is 0. The van der Waals surface area contributed by atoms with Crippen molar-refractivity contribution < 1.29 is 18.3 Å². The molecule has 0 saturated heterocycles. The highest BCUT2D eigenvalue weighted by atomic mass is 32.1. The van der Waals surface area contributed by atoms with Gasteiger partial charge in [-0.3, -0.25) is 0 Å². The van der Waals surface area contributed by atoms with Gasteiger partial charge in [0.25, 0.3) is 0 Å². The van der Waals surface area contributed by atoms with Crippen molar-refractivity contribution in [3.8, 4) is 0 Å². The number of aliphatic hydroxyl groups is 1. The van der Waals surface area contributed by atoms with Crippen LogP contribution in [0.25, 0.3) is 0 Å². The lowest BCUT2D eigenvalue weighted by molar-refractivity contribution is -0.137. The van der Waals surface area contributed by atoms with E-state index in [2.05, 4.69) is 0 Å². The number of rotatable bonds is 3. The first kappa shape index (κ1) is 14.5. The summed E-state index contributed by atoms with van der Waals surface area (Å²) in [6.07, 6.45) is -4.27. The zero-order valence-corrected chi connectivity index (χ0v) is 11.0. The molecule has 1 rings (SSSR count). The van der Waals surface area contributed by atoms with Crippen molar-refractivity contribution in [3.05, 3.63) is 21.9 Å². The highest BCUT2D eigenvalue weighted by molar-refractivity contribution is 7.08. The van der Waals surface area contributed by atoms with E-state index in [-0.39, 0.29) is 17.4 Å². The predicted molar refractivity (Wildman–Crippen MR) is 63.1 cm³/mol. The lowest BCUT2D eigenvalue weighted by Crippen LogP contribution is -2.26. The maximum Gasteiger partial charge on any atom is 0.417 e. The molecular weight excluding hydrogens is 249 g/mol. The molecule has 0 radical (unpaired) electrons. The van der Waals surface area contributed by atoms with Crippen molar-refractivity contribution in [3.63, 3.8) is 0 Å². The number of hydrogen-bond acceptors (Lipinski definition) is 2. The predicted octanol–water partition coefficient (Wildman–Crippen LogP) is 4.11. The Labute approximate surface area is 103 Å². The summed E-state index contributed by atoms with van der Waals surface area (Å²) < 4.78 is 37.8. The summed E-state index contributed by atoms with van der Waals surface area (Å²) in [5.41, 5.74) is -0.580. The first-order valence-electron chi connectivity index (χ1n) is 5.42. The highest BCUT2D eigenvalue weighted by Gasteiger charge is 2.34. The second-order valence-electron chi connectivity index (χ2n) is 5.23. The summed E-state index contributed by atoms with van der Waals surface area (Å²) in [4.78, 5) is 0. The summed E-state index contributed by atoms with van der Waals surface area (Å²) >= 11 is 1.05. The minimum Gasteiger partial charge on any atom is -0.393 e. The first-order valence-corrected chi connectivity index (χ1v) is 6.37. The van der Waals surface area contributed by atoms with Crippen LogP contribution >= 0.6 is 11.3 Å². The molecule has 0 aliphatic carbocycles. The zero-order chi connectivity index (χ0) is 13.3. The number of aliphatic hydroxyl groups excluding tert-OH is 1. The Bertz CT molecular complexity index is 363. The molecule has 0 bridgehead atoms. The molecule has 98 valence electrons. The van der Waals surface area contributed by atoms with Gasteiger partial charge >= 0.3 is 6.18 Å². The summed E-state index contributed by atoms with van der Waals surface area (Å²) in [7, 11) is 0. The number of hydrogen-bond donors (Lipinski definition) is 1. The van der Waals surface area contributed by atoms with Gasteiger partial charge in [-0.15, -0.1) is 0 Å². The van der Waals surface area contributed by atoms with E-state index in [4.69, 9.17) is 0 Å². The normalized spacial score (nSPS) is 15.0. The molecule has 5 heteroatoms. The maximum absolute atomic E-state index is 12.6. The summed E-state index contributed by atoms with van der Waals surface area (Å²) in [5.74, 6) is 0. The average molecular weight is 266 g/mol. The van der Waals surface area contributed by atoms with Gasteiger partial charge < -0.3 is 5.11 Å². The molecule has 1 N–H and O–H groups in total. The average Bonchev–Trinajstić information content (AvgIpc) is 2.59. The molecule has 0 aliphatic rings. The van der Waals surface area contributed by atoms with Crippen LogP contribution in [-0.4, -0.2) is 11.2 Å². The van der Waals surface area contributed by atoms with Crippen LogP contribution in [0, 0.1) is 5.41 Å². The van der Waals surface area contributed by atoms with Crippen LogP contribution in [-0.2, 0) is 12.6 Å². The standard InChI is InChI=1S/C12H17F3OS/c1-11(2,3)10(16)5-4-8-6-17-7-9(8)12(13,14)15/h6-7,10,16H,4-5H2,1-3H3. The molecule has 1 unspecified atom stereocenters. The first-order chi connectivity index (χ1) is 7.62. The van der Waals surface area contributed by atoms with E-state index < -0.39 is 17.8 Å². The minimum atomic E-state index is -4.29. The second kappa shape index (κ2) is 4.98. The number of thiophene rings is 1. The molecule has 0 spiro atoms. The molecule has 1 nitrogen and oxygen atoms in total. The van der Waals surface area contributed by atoms with Crippen molar-refractivity contribution in [1.29, 1.82) is 0 Å². The zero-order valence-electron chi connectivity index (χ0n) is 10.1. The van der Waals surface area contributed by atoms with Gasteiger partial charge in [0.1, 0.15) is 0 Å². The van der Waals surface area contributed by atoms with Crippen LogP contribution in [0.15, 0.2) is 10.8 Å². The third-order valence-electron chi connectivity index (χ3n) is 2.73. The van der Waals surface area contributed by atoms with Crippen molar-refractivity contribution in [2.75, 3.05) is 0 Å². The third kappa shape index (κ3) is 4.00. The van der Waals surface area contributed by atoms with Gasteiger partial charge in [0.05, 0.1) is 11.7 Å². The van der Waals surface area contributed by atoms with Crippen molar-refractivity contribution in [1.82, 2.24) is 0 Å². The van der Waals surface area contributed by atoms with Crippen LogP contribution in [0.5, 0.6) is 0 Å². The molecule has 1 aromatic rings. The largest absolute Gasteiger partial charge is 0.417 e. The fraction of sp³-hybridized carbons (Fsp3) is 0.667. The van der Waals surface area contributed by atoms with E-state index in [0.717, 1.165) is 16.7 Å². The topological polar surface area (TPSA) is 20.2 Å². The maximum atomic E-state index is 12.6. The molecule has 0 saturated carbocycles. The van der Waals surface area contributed by atoms with Gasteiger partial charge in [-0.2, -0.15) is 24.5 Å². The fourth-order valence-corrected chi connectivity index (χ4v) is 2.39. The van der Waals surface area contributed by atoms with E-state index in [1.807, 2.05) is 20.8 Å². The lowest BCUT2D eigenvalue weighted by Gasteiger charge is -2.25. The molecule has 17 heavy (non-hydrogen) atoms. The van der Waals surface area contributed by atoms with Gasteiger partial charge in [0.2, 0.25) is 0 Å². The summed E-state index contributed by atoms with van der Waals surface area (Å²) in [5, 5.41) is 12.4. The lowest BCUT2D eigenvalue weighted by atomic mass is 9.85. The molecular formula is C12H17F3OS.